The van der Waals surface area contributed by atoms with Gasteiger partial charge in [0, 0.05) is 54.1 Å². The van der Waals surface area contributed by atoms with Crippen LogP contribution >= 0.6 is 0 Å². The summed E-state index contributed by atoms with van der Waals surface area (Å²) in [4.78, 5) is 14.8. The van der Waals surface area contributed by atoms with Gasteiger partial charge in [-0.25, -0.2) is 4.98 Å². The fourth-order valence-corrected chi connectivity index (χ4v) is 10.9. The number of imidazole rings is 1. The zero-order valence-electron chi connectivity index (χ0n) is 40.3. The molecule has 0 aliphatic heterocycles. The predicted octanol–water partition coefficient (Wildman–Crippen LogP) is 15.3. The second kappa shape index (κ2) is 18.6. The van der Waals surface area contributed by atoms with Gasteiger partial charge in [-0.1, -0.05) is 150 Å². The monoisotopic (exact) mass is 1080 g/mol. The molecule has 4 heterocycles. The molecule has 341 valence electrons. The second-order valence-electron chi connectivity index (χ2n) is 20.2. The van der Waals surface area contributed by atoms with Gasteiger partial charge in [-0.05, 0) is 94.9 Å². The van der Waals surface area contributed by atoms with Crippen LogP contribution in [-0.4, -0.2) is 27.6 Å². The maximum Gasteiger partial charge on any atom is 0.216 e. The van der Waals surface area contributed by atoms with Crippen molar-refractivity contribution in [3.05, 3.63) is 173 Å². The van der Waals surface area contributed by atoms with Crippen LogP contribution < -0.4 is 5.19 Å². The van der Waals surface area contributed by atoms with E-state index in [1.807, 2.05) is 6.20 Å². The molecule has 0 aliphatic rings. The third-order valence-electron chi connectivity index (χ3n) is 12.6. The summed E-state index contributed by atoms with van der Waals surface area (Å²) in [5.41, 5.74) is 14.6. The molecule has 67 heavy (non-hydrogen) atoms. The van der Waals surface area contributed by atoms with E-state index in [-0.39, 0.29) is 31.3 Å². The van der Waals surface area contributed by atoms with Gasteiger partial charge in [0.1, 0.15) is 0 Å². The molecule has 0 saturated carbocycles. The molecule has 0 amide bonds. The topological polar surface area (TPSA) is 56.7 Å². The van der Waals surface area contributed by atoms with E-state index >= 15 is 0 Å². The van der Waals surface area contributed by atoms with Crippen molar-refractivity contribution in [2.24, 2.45) is 5.92 Å². The van der Waals surface area contributed by atoms with E-state index in [0.717, 1.165) is 73.1 Å². The summed E-state index contributed by atoms with van der Waals surface area (Å²) in [6, 6.07) is 47.7. The molecule has 0 unspecified atom stereocenters. The van der Waals surface area contributed by atoms with Crippen LogP contribution in [0.5, 0.6) is 0 Å². The van der Waals surface area contributed by atoms with Gasteiger partial charge in [0.05, 0.1) is 36.2 Å². The molecule has 10 aromatic rings. The summed E-state index contributed by atoms with van der Waals surface area (Å²) >= 11 is 0. The molecule has 8 heteroatoms. The van der Waals surface area contributed by atoms with E-state index in [0.29, 0.717) is 22.9 Å². The molecule has 1 radical (unpaired) electrons. The number of benzene rings is 6. The van der Waals surface area contributed by atoms with Crippen LogP contribution in [0.15, 0.2) is 132 Å². The Labute approximate surface area is 408 Å². The van der Waals surface area contributed by atoms with Crippen LogP contribution in [0.3, 0.4) is 0 Å². The fraction of sp³-hybridized carbons (Fsp3) is 0.237. The van der Waals surface area contributed by atoms with E-state index in [1.54, 1.807) is 12.1 Å². The third kappa shape index (κ3) is 9.20. The maximum atomic E-state index is 13.9. The number of nitrogens with zero attached hydrogens (tertiary/aromatic N) is 4. The molecule has 6 aromatic carbocycles. The Morgan fingerprint density at radius 1 is 0.746 bits per heavy atom. The van der Waals surface area contributed by atoms with E-state index in [9.17, 15) is 4.39 Å². The summed E-state index contributed by atoms with van der Waals surface area (Å²) in [6.07, 6.45) is 2.96. The Morgan fingerprint density at radius 3 is 2.16 bits per heavy atom. The van der Waals surface area contributed by atoms with Gasteiger partial charge in [0.2, 0.25) is 5.71 Å². The van der Waals surface area contributed by atoms with Gasteiger partial charge in [-0.2, -0.15) is 0 Å². The second-order valence-corrected chi connectivity index (χ2v) is 25.2. The molecule has 0 aliphatic carbocycles. The minimum Gasteiger partial charge on any atom is -0.486 e. The third-order valence-corrected chi connectivity index (χ3v) is 14.7. The number of aromatic nitrogens is 4. The first-order valence-corrected chi connectivity index (χ1v) is 26.5. The molecular weight excluding hydrogens is 1020 g/mol. The molecule has 10 rings (SSSR count). The molecule has 4 aromatic heterocycles. The molecular formula is C59H57FIrN4OSi-2. The number of rotatable bonds is 7. The zero-order chi connectivity index (χ0) is 46.7. The van der Waals surface area contributed by atoms with Gasteiger partial charge in [0.15, 0.2) is 0 Å². The van der Waals surface area contributed by atoms with Gasteiger partial charge in [0.25, 0.3) is 0 Å². The maximum absolute atomic E-state index is 13.9. The summed E-state index contributed by atoms with van der Waals surface area (Å²) in [7, 11) is -1.45. The summed E-state index contributed by atoms with van der Waals surface area (Å²) in [5, 5.41) is 5.74. The van der Waals surface area contributed by atoms with Gasteiger partial charge in [-0.15, -0.1) is 42.0 Å². The molecule has 0 saturated heterocycles. The Kier molecular flexibility index (Phi) is 13.1. The average molecular weight is 1080 g/mol. The minimum absolute atomic E-state index is 0. The van der Waals surface area contributed by atoms with Crippen LogP contribution in [0.25, 0.3) is 83.5 Å². The smallest absolute Gasteiger partial charge is 0.216 e. The SMILES string of the molecule is CC(C)Cc1cc(-c2[c-]cccc2F)ncc1[Si](C)(C)C.Cc1cccc(C)c1-c1ccc2c(n1)oc1c(-c3nc4ccc5ccccc5c4n3-c3ccc(C(C)(C)C)cc3)[c-]cc(C)c12.[Ir]. The summed E-state index contributed by atoms with van der Waals surface area (Å²) in [5.74, 6) is 1.10. The largest absolute Gasteiger partial charge is 0.486 e. The van der Waals surface area contributed by atoms with Gasteiger partial charge in [-0.3, -0.25) is 9.37 Å². The van der Waals surface area contributed by atoms with Crippen LogP contribution in [0, 0.1) is 44.6 Å². The predicted molar refractivity (Wildman–Crippen MR) is 276 cm³/mol. The van der Waals surface area contributed by atoms with E-state index in [4.69, 9.17) is 14.4 Å². The first-order valence-electron chi connectivity index (χ1n) is 23.0. The molecule has 0 bridgehead atoms. The van der Waals surface area contributed by atoms with Crippen molar-refractivity contribution >= 4 is 57.1 Å². The number of fused-ring (bicyclic) bond motifs is 6. The first-order chi connectivity index (χ1) is 31.5. The Hall–Kier alpha value is -6.05. The van der Waals surface area contributed by atoms with E-state index in [2.05, 4.69) is 200 Å². The quantitative estimate of drug-likeness (QED) is 0.118. The number of aryl methyl sites for hydroxylation is 3. The van der Waals surface area contributed by atoms with Crippen molar-refractivity contribution in [2.75, 3.05) is 0 Å². The molecule has 0 atom stereocenters. The fourth-order valence-electron chi connectivity index (χ4n) is 9.29. The first kappa shape index (κ1) is 47.4. The van der Waals surface area contributed by atoms with E-state index < -0.39 is 8.07 Å². The minimum atomic E-state index is -1.45. The molecule has 5 nitrogen and oxygen atoms in total. The number of hydrogen-bond donors (Lipinski definition) is 0. The van der Waals surface area contributed by atoms with Gasteiger partial charge >= 0.3 is 0 Å². The average Bonchev–Trinajstić information content (AvgIpc) is 3.86. The van der Waals surface area contributed by atoms with Crippen molar-refractivity contribution in [3.63, 3.8) is 0 Å². The summed E-state index contributed by atoms with van der Waals surface area (Å²) in [6.45, 7) is 24.5. The van der Waals surface area contributed by atoms with Crippen molar-refractivity contribution in [2.45, 2.75) is 86.9 Å². The van der Waals surface area contributed by atoms with Crippen molar-refractivity contribution in [3.8, 4) is 39.6 Å². The standard InChI is InChI=1S/C41H34N3O.C18H23FNSi.Ir/c1-24-10-9-11-25(2)35(24)33-23-21-31-36-26(3)14-20-32(38(36)45-40(31)43-33)39-42-34-22-15-27-12-7-8-13-30(27)37(34)44(39)29-18-16-28(17-19-29)41(4,5)6;1-13(2)10-14-11-17(15-8-6-7-9-16(15)19)20-12-18(14)21(3,4)5;/h7-19,21-23H,1-6H3;6-7,9,11-13H,10H2,1-5H3;/q2*-1;. The van der Waals surface area contributed by atoms with Crippen LogP contribution in [0.1, 0.15) is 62.4 Å². The number of hydrogen-bond acceptors (Lipinski definition) is 4. The van der Waals surface area contributed by atoms with Gasteiger partial charge < -0.3 is 14.0 Å². The molecule has 0 spiro atoms. The molecule has 0 N–H and O–H groups in total. The van der Waals surface area contributed by atoms with Crippen molar-refractivity contribution < 1.29 is 28.9 Å². The normalized spacial score (nSPS) is 12.0. The Bertz CT molecular complexity index is 3430. The van der Waals surface area contributed by atoms with Crippen LogP contribution in [-0.2, 0) is 31.9 Å². The summed E-state index contributed by atoms with van der Waals surface area (Å²) < 4.78 is 22.9. The number of halogens is 1. The number of furan rings is 1. The Morgan fingerprint density at radius 2 is 1.48 bits per heavy atom. The molecule has 0 fully saturated rings. The van der Waals surface area contributed by atoms with Crippen molar-refractivity contribution in [1.82, 2.24) is 19.5 Å². The van der Waals surface area contributed by atoms with Crippen LogP contribution in [0.2, 0.25) is 19.6 Å². The van der Waals surface area contributed by atoms with E-state index in [1.165, 1.54) is 38.9 Å². The van der Waals surface area contributed by atoms with Crippen LogP contribution in [0.4, 0.5) is 4.39 Å². The van der Waals surface area contributed by atoms with Crippen molar-refractivity contribution in [1.29, 1.82) is 0 Å². The number of pyridine rings is 2. The zero-order valence-corrected chi connectivity index (χ0v) is 43.7. The Balaban J connectivity index is 0.000000234.